The lowest BCUT2D eigenvalue weighted by atomic mass is 9.79. The molecule has 0 spiro atoms. The average Bonchev–Trinajstić information content (AvgIpc) is 2.59. The fourth-order valence-electron chi connectivity index (χ4n) is 4.31. The second kappa shape index (κ2) is 24.0. The molecule has 0 N–H and O–H groups in total. The Morgan fingerprint density at radius 1 is 0.440 bits per heavy atom. The smallest absolute Gasteiger partial charge is 0.0409 e. The minimum absolute atomic E-state index is 0.932. The van der Waals surface area contributed by atoms with Gasteiger partial charge in [0, 0.05) is 0 Å². The van der Waals surface area contributed by atoms with Crippen LogP contribution in [0, 0.1) is 23.7 Å². The predicted molar refractivity (Wildman–Crippen MR) is 121 cm³/mol. The van der Waals surface area contributed by atoms with Gasteiger partial charge in [0.25, 0.3) is 0 Å². The van der Waals surface area contributed by atoms with Gasteiger partial charge in [-0.1, -0.05) is 121 Å². The van der Waals surface area contributed by atoms with E-state index >= 15 is 0 Å². The third kappa shape index (κ3) is 20.2. The first kappa shape index (κ1) is 29.8. The van der Waals surface area contributed by atoms with Crippen molar-refractivity contribution in [1.82, 2.24) is 0 Å². The van der Waals surface area contributed by atoms with Crippen molar-refractivity contribution in [2.24, 2.45) is 23.7 Å². The molecule has 0 nitrogen and oxygen atoms in total. The van der Waals surface area contributed by atoms with E-state index in [-0.39, 0.29) is 0 Å². The van der Waals surface area contributed by atoms with Crippen LogP contribution in [0.1, 0.15) is 140 Å². The summed E-state index contributed by atoms with van der Waals surface area (Å²) in [5.41, 5.74) is 0. The molecule has 0 heterocycles. The van der Waals surface area contributed by atoms with Crippen LogP contribution in [-0.4, -0.2) is 0 Å². The van der Waals surface area contributed by atoms with Crippen molar-refractivity contribution in [3.63, 3.8) is 0 Å². The molecule has 0 radical (unpaired) electrons. The maximum atomic E-state index is 2.47. The van der Waals surface area contributed by atoms with Crippen LogP contribution in [0.3, 0.4) is 0 Å². The first-order valence-electron chi connectivity index (χ1n) is 12.1. The molecule has 0 fully saturated rings. The van der Waals surface area contributed by atoms with E-state index in [1.165, 1.54) is 70.6 Å². The second-order valence-corrected chi connectivity index (χ2v) is 7.80. The summed E-state index contributed by atoms with van der Waals surface area (Å²) in [6, 6.07) is 0. The molecule has 0 aliphatic carbocycles. The highest BCUT2D eigenvalue weighted by Crippen LogP contribution is 2.32. The Balaban J connectivity index is -0.00000112. The molecule has 4 atom stereocenters. The van der Waals surface area contributed by atoms with E-state index in [9.17, 15) is 0 Å². The summed E-state index contributed by atoms with van der Waals surface area (Å²) in [5.74, 6) is 3.84. The monoisotopic (exact) mass is 356 g/mol. The van der Waals surface area contributed by atoms with Crippen LogP contribution in [0.15, 0.2) is 0 Å². The zero-order chi connectivity index (χ0) is 20.1. The Hall–Kier alpha value is 0. The lowest BCUT2D eigenvalue weighted by Crippen LogP contribution is -2.15. The van der Waals surface area contributed by atoms with Crippen LogP contribution in [0.4, 0.5) is 0 Å². The van der Waals surface area contributed by atoms with Gasteiger partial charge in [0.2, 0.25) is 0 Å². The van der Waals surface area contributed by atoms with Gasteiger partial charge in [-0.25, -0.2) is 0 Å². The molecule has 0 saturated heterocycles. The van der Waals surface area contributed by atoms with Crippen LogP contribution in [-0.2, 0) is 0 Å². The molecule has 0 bridgehead atoms. The topological polar surface area (TPSA) is 0 Å². The Bertz CT molecular complexity index is 186. The van der Waals surface area contributed by atoms with Crippen molar-refractivity contribution < 1.29 is 0 Å². The summed E-state index contributed by atoms with van der Waals surface area (Å²) < 4.78 is 0. The van der Waals surface area contributed by atoms with E-state index in [0.29, 0.717) is 0 Å². The van der Waals surface area contributed by atoms with Crippen LogP contribution in [0.2, 0.25) is 0 Å². The normalized spacial score (nSPS) is 15.1. The first-order valence-corrected chi connectivity index (χ1v) is 12.1. The molecule has 0 aliphatic rings. The van der Waals surface area contributed by atoms with E-state index in [2.05, 4.69) is 41.5 Å². The number of hydrogen-bond acceptors (Lipinski definition) is 0. The molecular formula is C25H56. The molecule has 25 heavy (non-hydrogen) atoms. The van der Waals surface area contributed by atoms with E-state index in [4.69, 9.17) is 0 Å². The maximum absolute atomic E-state index is 2.47. The van der Waals surface area contributed by atoms with Crippen molar-refractivity contribution in [1.29, 1.82) is 0 Å². The number of rotatable bonds is 14. The molecule has 0 aromatic carbocycles. The lowest BCUT2D eigenvalue weighted by Gasteiger charge is -2.27. The largest absolute Gasteiger partial charge is 0.0683 e. The fraction of sp³-hybridized carbons (Fsp3) is 1.00. The molecule has 0 aromatic rings. The third-order valence-electron chi connectivity index (χ3n) is 5.09. The molecule has 0 heteroatoms. The summed E-state index contributed by atoms with van der Waals surface area (Å²) in [4.78, 5) is 0. The molecule has 156 valence electrons. The van der Waals surface area contributed by atoms with Crippen molar-refractivity contribution in [3.8, 4) is 0 Å². The van der Waals surface area contributed by atoms with E-state index < -0.39 is 0 Å². The quantitative estimate of drug-likeness (QED) is 0.290. The van der Waals surface area contributed by atoms with Crippen molar-refractivity contribution in [2.75, 3.05) is 0 Å². The highest BCUT2D eigenvalue weighted by Gasteiger charge is 2.19. The summed E-state index contributed by atoms with van der Waals surface area (Å²) in [7, 11) is 0. The van der Waals surface area contributed by atoms with Gasteiger partial charge in [0.15, 0.2) is 0 Å². The van der Waals surface area contributed by atoms with Crippen LogP contribution < -0.4 is 0 Å². The van der Waals surface area contributed by atoms with Gasteiger partial charge in [-0.15, -0.1) is 0 Å². The van der Waals surface area contributed by atoms with Gasteiger partial charge in [0.1, 0.15) is 0 Å². The van der Waals surface area contributed by atoms with E-state index in [1.54, 1.807) is 0 Å². The van der Waals surface area contributed by atoms with Crippen molar-refractivity contribution in [3.05, 3.63) is 0 Å². The minimum atomic E-state index is 0.932. The van der Waals surface area contributed by atoms with Crippen molar-refractivity contribution in [2.45, 2.75) is 140 Å². The standard InChI is InChI=1S/C21H44.2C2H6/c1-7-11-18(5)15-20(13-9-3)17-21(14-10-4)16-19(6)12-8-2;2*1-2/h18-21H,7-17H2,1-6H3;2*1-2H3. The second-order valence-electron chi connectivity index (χ2n) is 7.80. The van der Waals surface area contributed by atoms with E-state index in [0.717, 1.165) is 23.7 Å². The van der Waals surface area contributed by atoms with Crippen LogP contribution >= 0.6 is 0 Å². The Kier molecular flexibility index (Phi) is 28.6. The van der Waals surface area contributed by atoms with Gasteiger partial charge in [-0.2, -0.15) is 0 Å². The molecule has 0 amide bonds. The maximum Gasteiger partial charge on any atom is -0.0409 e. The zero-order valence-corrected chi connectivity index (χ0v) is 20.1. The minimum Gasteiger partial charge on any atom is -0.0683 e. The summed E-state index contributed by atoms with van der Waals surface area (Å²) in [5, 5.41) is 0. The summed E-state index contributed by atoms with van der Waals surface area (Å²) >= 11 is 0. The highest BCUT2D eigenvalue weighted by atomic mass is 14.2. The Morgan fingerprint density at radius 2 is 0.720 bits per heavy atom. The Morgan fingerprint density at radius 3 is 0.960 bits per heavy atom. The fourth-order valence-corrected chi connectivity index (χ4v) is 4.31. The zero-order valence-electron chi connectivity index (χ0n) is 20.1. The third-order valence-corrected chi connectivity index (χ3v) is 5.09. The van der Waals surface area contributed by atoms with Crippen LogP contribution in [0.5, 0.6) is 0 Å². The molecule has 0 rings (SSSR count). The molecule has 4 unspecified atom stereocenters. The predicted octanol–water partition coefficient (Wildman–Crippen LogP) is 9.91. The van der Waals surface area contributed by atoms with Gasteiger partial charge >= 0.3 is 0 Å². The van der Waals surface area contributed by atoms with Gasteiger partial charge in [0.05, 0.1) is 0 Å². The SMILES string of the molecule is CC.CC.CCCC(C)CC(CCC)CC(CCC)CC(C)CCC. The van der Waals surface area contributed by atoms with Crippen LogP contribution in [0.25, 0.3) is 0 Å². The van der Waals surface area contributed by atoms with Gasteiger partial charge < -0.3 is 0 Å². The average molecular weight is 357 g/mol. The lowest BCUT2D eigenvalue weighted by molar-refractivity contribution is 0.246. The molecular weight excluding hydrogens is 300 g/mol. The molecule has 0 aliphatic heterocycles. The van der Waals surface area contributed by atoms with Crippen molar-refractivity contribution >= 4 is 0 Å². The van der Waals surface area contributed by atoms with Gasteiger partial charge in [-0.3, -0.25) is 0 Å². The highest BCUT2D eigenvalue weighted by molar-refractivity contribution is 4.71. The summed E-state index contributed by atoms with van der Waals surface area (Å²) in [6.07, 6.45) is 15.7. The van der Waals surface area contributed by atoms with Gasteiger partial charge in [-0.05, 0) is 42.9 Å². The summed E-state index contributed by atoms with van der Waals surface area (Å²) in [6.45, 7) is 22.3. The van der Waals surface area contributed by atoms with E-state index in [1.807, 2.05) is 27.7 Å². The number of hydrogen-bond donors (Lipinski definition) is 0. The molecule has 0 aromatic heterocycles. The molecule has 0 saturated carbocycles. The Labute approximate surface area is 164 Å². The first-order chi connectivity index (χ1) is 12.1.